The smallest absolute Gasteiger partial charge is 0.162 e. The Morgan fingerprint density at radius 2 is 0.867 bits per heavy atom. The zero-order chi connectivity index (χ0) is 21.3. The summed E-state index contributed by atoms with van der Waals surface area (Å²) in [6.07, 6.45) is 0. The normalized spacial score (nSPS) is 10.5. The molecular weight excluding hydrogens is 516 g/mol. The highest BCUT2D eigenvalue weighted by atomic mass is 79.9. The fourth-order valence-electron chi connectivity index (χ4n) is 2.57. The van der Waals surface area contributed by atoms with Crippen LogP contribution in [0.4, 0.5) is 11.4 Å². The third-order valence-corrected chi connectivity index (χ3v) is 5.87. The summed E-state index contributed by atoms with van der Waals surface area (Å²) in [5.41, 5.74) is 12.9. The lowest BCUT2D eigenvalue weighted by atomic mass is 10.3. The van der Waals surface area contributed by atoms with E-state index in [-0.39, 0.29) is 0 Å². The van der Waals surface area contributed by atoms with E-state index in [0.29, 0.717) is 60.8 Å². The molecule has 0 heterocycles. The molecule has 3 aromatic carbocycles. The molecule has 0 aliphatic heterocycles. The molecule has 0 amide bonds. The van der Waals surface area contributed by atoms with Gasteiger partial charge in [-0.3, -0.25) is 0 Å². The number of hydrogen-bond donors (Lipinski definition) is 2. The fourth-order valence-corrected chi connectivity index (χ4v) is 3.21. The molecule has 6 nitrogen and oxygen atoms in total. The Bertz CT molecular complexity index is 907. The van der Waals surface area contributed by atoms with Crippen molar-refractivity contribution in [1.29, 1.82) is 0 Å². The Kier molecular flexibility index (Phi) is 8.10. The topological polar surface area (TPSA) is 89.0 Å². The van der Waals surface area contributed by atoms with Gasteiger partial charge in [0.05, 0.1) is 11.4 Å². The minimum absolute atomic E-state index is 0.329. The minimum Gasteiger partial charge on any atom is -0.488 e. The van der Waals surface area contributed by atoms with Gasteiger partial charge in [0.25, 0.3) is 0 Å². The number of hydrogen-bond acceptors (Lipinski definition) is 6. The van der Waals surface area contributed by atoms with Gasteiger partial charge in [-0.05, 0) is 68.3 Å². The predicted octanol–water partition coefficient (Wildman–Crippen LogP) is 5.29. The highest BCUT2D eigenvalue weighted by Gasteiger charge is 2.11. The molecule has 0 saturated heterocycles. The third kappa shape index (κ3) is 6.21. The molecule has 8 heteroatoms. The van der Waals surface area contributed by atoms with Crippen LogP contribution in [-0.2, 0) is 0 Å². The Morgan fingerprint density at radius 1 is 0.533 bits per heavy atom. The molecule has 0 spiro atoms. The molecule has 0 bridgehead atoms. The number of nitrogens with two attached hydrogens (primary N) is 2. The summed E-state index contributed by atoms with van der Waals surface area (Å²) in [6.45, 7) is 1.35. The second kappa shape index (κ2) is 11.0. The first-order chi connectivity index (χ1) is 14.5. The van der Waals surface area contributed by atoms with E-state index in [1.807, 2.05) is 48.5 Å². The van der Waals surface area contributed by atoms with Crippen LogP contribution in [0.1, 0.15) is 0 Å². The van der Waals surface area contributed by atoms with Crippen molar-refractivity contribution in [2.24, 2.45) is 0 Å². The van der Waals surface area contributed by atoms with Gasteiger partial charge in [-0.25, -0.2) is 0 Å². The summed E-state index contributed by atoms with van der Waals surface area (Å²) in [5.74, 6) is 2.45. The summed E-state index contributed by atoms with van der Waals surface area (Å²) in [7, 11) is 0. The first-order valence-corrected chi connectivity index (χ1v) is 10.8. The fraction of sp³-hybridized carbons (Fsp3) is 0.182. The van der Waals surface area contributed by atoms with Crippen LogP contribution in [0.5, 0.6) is 23.0 Å². The van der Waals surface area contributed by atoms with E-state index in [0.717, 1.165) is 8.95 Å². The zero-order valence-corrected chi connectivity index (χ0v) is 19.3. The van der Waals surface area contributed by atoms with Crippen molar-refractivity contribution < 1.29 is 18.9 Å². The first-order valence-electron chi connectivity index (χ1n) is 9.24. The zero-order valence-electron chi connectivity index (χ0n) is 16.1. The molecule has 4 N–H and O–H groups in total. The number of anilines is 2. The lowest BCUT2D eigenvalue weighted by Gasteiger charge is -2.15. The van der Waals surface area contributed by atoms with Crippen LogP contribution < -0.4 is 30.4 Å². The number of rotatable bonds is 10. The molecule has 0 saturated carbocycles. The van der Waals surface area contributed by atoms with Gasteiger partial charge in [-0.2, -0.15) is 0 Å². The maximum absolute atomic E-state index is 5.88. The molecular formula is C22H22Br2N2O4. The summed E-state index contributed by atoms with van der Waals surface area (Å²) in [4.78, 5) is 0. The van der Waals surface area contributed by atoms with Crippen molar-refractivity contribution in [1.82, 2.24) is 0 Å². The van der Waals surface area contributed by atoms with Crippen LogP contribution in [0, 0.1) is 0 Å². The highest BCUT2D eigenvalue weighted by Crippen LogP contribution is 2.36. The molecule has 0 fully saturated rings. The molecule has 0 aromatic heterocycles. The van der Waals surface area contributed by atoms with Crippen molar-refractivity contribution in [2.45, 2.75) is 0 Å². The number of halogens is 2. The maximum Gasteiger partial charge on any atom is 0.162 e. The van der Waals surface area contributed by atoms with Crippen LogP contribution >= 0.6 is 31.9 Å². The molecule has 0 aliphatic carbocycles. The lowest BCUT2D eigenvalue weighted by Crippen LogP contribution is -2.13. The van der Waals surface area contributed by atoms with E-state index in [1.165, 1.54) is 0 Å². The van der Waals surface area contributed by atoms with Gasteiger partial charge in [-0.15, -0.1) is 0 Å². The molecule has 0 atom stereocenters. The van der Waals surface area contributed by atoms with E-state index in [1.54, 1.807) is 12.1 Å². The van der Waals surface area contributed by atoms with Crippen LogP contribution in [0.3, 0.4) is 0 Å². The molecule has 0 aliphatic rings. The Balaban J connectivity index is 1.53. The third-order valence-electron chi connectivity index (χ3n) is 4.02. The van der Waals surface area contributed by atoms with Crippen LogP contribution in [0.25, 0.3) is 0 Å². The first kappa shape index (κ1) is 22.1. The largest absolute Gasteiger partial charge is 0.488 e. The Labute approximate surface area is 192 Å². The molecule has 0 radical (unpaired) electrons. The van der Waals surface area contributed by atoms with Gasteiger partial charge < -0.3 is 30.4 Å². The number of para-hydroxylation sites is 4. The molecule has 30 heavy (non-hydrogen) atoms. The van der Waals surface area contributed by atoms with E-state index < -0.39 is 0 Å². The highest BCUT2D eigenvalue weighted by molar-refractivity contribution is 9.13. The second-order valence-corrected chi connectivity index (χ2v) is 7.89. The number of benzene rings is 3. The average Bonchev–Trinajstić information content (AvgIpc) is 2.74. The SMILES string of the molecule is Nc1ccccc1OCCOc1cc(Br)c(Br)cc1OCCOc1ccccc1N. The summed E-state index contributed by atoms with van der Waals surface area (Å²) in [5, 5.41) is 0. The average molecular weight is 538 g/mol. The van der Waals surface area contributed by atoms with Crippen LogP contribution in [0.2, 0.25) is 0 Å². The van der Waals surface area contributed by atoms with Gasteiger partial charge in [0, 0.05) is 8.95 Å². The van der Waals surface area contributed by atoms with E-state index in [9.17, 15) is 0 Å². The summed E-state index contributed by atoms with van der Waals surface area (Å²) < 4.78 is 24.8. The van der Waals surface area contributed by atoms with Gasteiger partial charge in [0.15, 0.2) is 11.5 Å². The quantitative estimate of drug-likeness (QED) is 0.270. The number of ether oxygens (including phenoxy) is 4. The maximum atomic E-state index is 5.88. The van der Waals surface area contributed by atoms with Crippen molar-refractivity contribution in [3.8, 4) is 23.0 Å². The predicted molar refractivity (Wildman–Crippen MR) is 126 cm³/mol. The van der Waals surface area contributed by atoms with Crippen LogP contribution in [-0.4, -0.2) is 26.4 Å². The van der Waals surface area contributed by atoms with Gasteiger partial charge >= 0.3 is 0 Å². The Hall–Kier alpha value is -2.58. The van der Waals surface area contributed by atoms with E-state index >= 15 is 0 Å². The minimum atomic E-state index is 0.329. The van der Waals surface area contributed by atoms with Gasteiger partial charge in [0.2, 0.25) is 0 Å². The molecule has 0 unspecified atom stereocenters. The second-order valence-electron chi connectivity index (χ2n) is 6.18. The van der Waals surface area contributed by atoms with Gasteiger partial charge in [0.1, 0.15) is 37.9 Å². The summed E-state index contributed by atoms with van der Waals surface area (Å²) >= 11 is 6.97. The van der Waals surface area contributed by atoms with E-state index in [4.69, 9.17) is 30.4 Å². The van der Waals surface area contributed by atoms with Crippen molar-refractivity contribution in [3.63, 3.8) is 0 Å². The summed E-state index contributed by atoms with van der Waals surface area (Å²) in [6, 6.07) is 18.4. The van der Waals surface area contributed by atoms with E-state index in [2.05, 4.69) is 31.9 Å². The Morgan fingerprint density at radius 3 is 1.23 bits per heavy atom. The lowest BCUT2D eigenvalue weighted by molar-refractivity contribution is 0.192. The van der Waals surface area contributed by atoms with Gasteiger partial charge in [-0.1, -0.05) is 24.3 Å². The molecule has 3 rings (SSSR count). The van der Waals surface area contributed by atoms with Crippen molar-refractivity contribution in [2.75, 3.05) is 37.9 Å². The standard InChI is InChI=1S/C22H22Br2N2O4/c23-15-13-21(29-11-9-27-19-7-3-1-5-17(19)25)22(14-16(15)24)30-12-10-28-20-8-4-2-6-18(20)26/h1-8,13-14H,9-12,25-26H2. The number of nitrogen functional groups attached to an aromatic ring is 2. The van der Waals surface area contributed by atoms with Crippen molar-refractivity contribution in [3.05, 3.63) is 69.6 Å². The molecule has 158 valence electrons. The molecule has 3 aromatic rings. The van der Waals surface area contributed by atoms with Crippen molar-refractivity contribution >= 4 is 43.2 Å². The van der Waals surface area contributed by atoms with Crippen LogP contribution in [0.15, 0.2) is 69.6 Å². The monoisotopic (exact) mass is 536 g/mol.